The minimum absolute atomic E-state index is 0.323. The van der Waals surface area contributed by atoms with Gasteiger partial charge in [-0.2, -0.15) is 0 Å². The van der Waals surface area contributed by atoms with Crippen LogP contribution in [-0.2, 0) is 18.9 Å². The molecule has 0 unspecified atom stereocenters. The summed E-state index contributed by atoms with van der Waals surface area (Å²) < 4.78 is 45.6. The van der Waals surface area contributed by atoms with E-state index >= 15 is 0 Å². The number of hydrogen-bond donors (Lipinski definition) is 4. The lowest BCUT2D eigenvalue weighted by molar-refractivity contribution is 0.0513. The van der Waals surface area contributed by atoms with Crippen molar-refractivity contribution in [1.82, 2.24) is 21.3 Å². The third-order valence-corrected chi connectivity index (χ3v) is 9.33. The fourth-order valence-corrected chi connectivity index (χ4v) is 6.38. The maximum Gasteiger partial charge on any atom is 0.407 e. The van der Waals surface area contributed by atoms with Crippen molar-refractivity contribution in [2.45, 2.75) is 131 Å². The summed E-state index contributed by atoms with van der Waals surface area (Å²) in [5, 5.41) is 12.9. The van der Waals surface area contributed by atoms with Crippen LogP contribution in [0.2, 0.25) is 0 Å². The fourth-order valence-electron chi connectivity index (χ4n) is 6.38. The van der Waals surface area contributed by atoms with Gasteiger partial charge in [0.1, 0.15) is 45.4 Å². The van der Waals surface area contributed by atoms with Gasteiger partial charge in [0.2, 0.25) is 0 Å². The number of ether oxygens (including phenoxy) is 8. The van der Waals surface area contributed by atoms with Crippen molar-refractivity contribution < 1.29 is 57.1 Å². The minimum atomic E-state index is -0.593. The van der Waals surface area contributed by atoms with Crippen LogP contribution in [-0.4, -0.2) is 99.4 Å². The monoisotopic (exact) mass is 1020 g/mol. The standard InChI is InChI=1S/C58H76N4O12/c1-55(2,3)71-51(63)59-25-13-29-67-47-35-43(36-48(39-47)68-30-14-26-60-52(64)72-56(4,5)6)19-17-41-21-23-45-24-22-42(34-46(45)33-41)18-20-44-37-49(69-31-15-27-61-53(65)73-57(7,8)9)40-50(38-44)70-32-16-28-62-54(66)74-58(10,11)12/h21-24,33-40H,13-16,25-32H2,1-12H3,(H,59,63)(H,60,64)(H,61,65)(H,62,66). The predicted octanol–water partition coefficient (Wildman–Crippen LogP) is 10.8. The molecule has 0 atom stereocenters. The number of fused-ring (bicyclic) bond motifs is 1. The van der Waals surface area contributed by atoms with Crippen LogP contribution in [0, 0.1) is 23.7 Å². The maximum absolute atomic E-state index is 12.1. The van der Waals surface area contributed by atoms with Gasteiger partial charge in [-0.3, -0.25) is 0 Å². The number of nitrogens with one attached hydrogen (secondary N) is 4. The molecule has 74 heavy (non-hydrogen) atoms. The largest absolute Gasteiger partial charge is 0.493 e. The van der Waals surface area contributed by atoms with Gasteiger partial charge in [-0.25, -0.2) is 19.2 Å². The molecule has 16 nitrogen and oxygen atoms in total. The highest BCUT2D eigenvalue weighted by molar-refractivity contribution is 5.85. The molecule has 400 valence electrons. The molecule has 0 heterocycles. The Morgan fingerprint density at radius 1 is 0.351 bits per heavy atom. The Morgan fingerprint density at radius 2 is 0.608 bits per heavy atom. The molecule has 0 radical (unpaired) electrons. The summed E-state index contributed by atoms with van der Waals surface area (Å²) in [6, 6.07) is 22.9. The lowest BCUT2D eigenvalue weighted by atomic mass is 10.0. The van der Waals surface area contributed by atoms with Crippen molar-refractivity contribution in [1.29, 1.82) is 0 Å². The topological polar surface area (TPSA) is 190 Å². The van der Waals surface area contributed by atoms with Crippen molar-refractivity contribution in [3.8, 4) is 46.7 Å². The van der Waals surface area contributed by atoms with E-state index < -0.39 is 46.8 Å². The molecule has 16 heteroatoms. The summed E-state index contributed by atoms with van der Waals surface area (Å²) in [5.41, 5.74) is 0.529. The molecule has 0 aromatic heterocycles. The Hall–Kier alpha value is -7.46. The van der Waals surface area contributed by atoms with Crippen molar-refractivity contribution in [3.05, 3.63) is 95.1 Å². The number of hydrogen-bond acceptors (Lipinski definition) is 12. The van der Waals surface area contributed by atoms with Gasteiger partial charge >= 0.3 is 24.4 Å². The lowest BCUT2D eigenvalue weighted by Gasteiger charge is -2.19. The molecule has 0 saturated carbocycles. The minimum Gasteiger partial charge on any atom is -0.493 e. The van der Waals surface area contributed by atoms with E-state index in [9.17, 15) is 19.2 Å². The van der Waals surface area contributed by atoms with Gasteiger partial charge in [0.05, 0.1) is 26.4 Å². The van der Waals surface area contributed by atoms with Gasteiger partial charge in [-0.1, -0.05) is 35.8 Å². The van der Waals surface area contributed by atoms with Crippen LogP contribution in [0.25, 0.3) is 10.8 Å². The molecular weight excluding hydrogens is 945 g/mol. The average molecular weight is 1020 g/mol. The quantitative estimate of drug-likeness (QED) is 0.0373. The van der Waals surface area contributed by atoms with E-state index in [-0.39, 0.29) is 0 Å². The van der Waals surface area contributed by atoms with E-state index in [2.05, 4.69) is 44.9 Å². The first-order valence-electron chi connectivity index (χ1n) is 25.0. The zero-order valence-electron chi connectivity index (χ0n) is 45.3. The predicted molar refractivity (Wildman–Crippen MR) is 286 cm³/mol. The number of carbonyl (C=O) groups excluding carboxylic acids is 4. The normalized spacial score (nSPS) is 11.4. The molecule has 4 aromatic carbocycles. The van der Waals surface area contributed by atoms with Gasteiger partial charge in [0, 0.05) is 60.6 Å². The number of benzene rings is 4. The summed E-state index contributed by atoms with van der Waals surface area (Å²) in [4.78, 5) is 48.4. The second-order valence-corrected chi connectivity index (χ2v) is 21.2. The summed E-state index contributed by atoms with van der Waals surface area (Å²) in [6.07, 6.45) is 0.205. The number of carbonyl (C=O) groups is 4. The molecule has 4 aromatic rings. The summed E-state index contributed by atoms with van der Waals surface area (Å²) >= 11 is 0. The van der Waals surface area contributed by atoms with Crippen LogP contribution < -0.4 is 40.2 Å². The molecule has 0 aliphatic rings. The van der Waals surface area contributed by atoms with Crippen LogP contribution in [0.3, 0.4) is 0 Å². The molecule has 4 N–H and O–H groups in total. The van der Waals surface area contributed by atoms with Gasteiger partial charge in [0.15, 0.2) is 0 Å². The van der Waals surface area contributed by atoms with Gasteiger partial charge in [-0.05, 0) is 168 Å². The Morgan fingerprint density at radius 3 is 0.865 bits per heavy atom. The van der Waals surface area contributed by atoms with Crippen LogP contribution in [0.1, 0.15) is 131 Å². The maximum atomic E-state index is 12.1. The number of rotatable bonds is 20. The van der Waals surface area contributed by atoms with E-state index in [0.29, 0.717) is 112 Å². The third-order valence-electron chi connectivity index (χ3n) is 9.33. The third kappa shape index (κ3) is 25.8. The van der Waals surface area contributed by atoms with Crippen molar-refractivity contribution in [2.75, 3.05) is 52.6 Å². The second kappa shape index (κ2) is 28.1. The van der Waals surface area contributed by atoms with Gasteiger partial charge in [-0.15, -0.1) is 0 Å². The average Bonchev–Trinajstić information content (AvgIpc) is 3.27. The zero-order chi connectivity index (χ0) is 54.4. The molecule has 0 fully saturated rings. The Balaban J connectivity index is 1.49. The summed E-state index contributed by atoms with van der Waals surface area (Å²) in [7, 11) is 0. The SMILES string of the molecule is CC(C)(C)OC(=O)NCCCOc1cc(C#Cc2ccc3ccc(C#Cc4cc(OCCCNC(=O)OC(C)(C)C)cc(OCCCNC(=O)OC(C)(C)C)c4)cc3c2)cc(OCCCNC(=O)OC(C)(C)C)c1. The lowest BCUT2D eigenvalue weighted by Crippen LogP contribution is -2.33. The van der Waals surface area contributed by atoms with E-state index in [0.717, 1.165) is 21.9 Å². The molecule has 0 aliphatic carbocycles. The smallest absolute Gasteiger partial charge is 0.407 e. The molecule has 0 aliphatic heterocycles. The van der Waals surface area contributed by atoms with Crippen LogP contribution >= 0.6 is 0 Å². The highest BCUT2D eigenvalue weighted by atomic mass is 16.6. The Bertz CT molecular complexity index is 2340. The Labute approximate surface area is 437 Å². The number of alkyl carbamates (subject to hydrolysis) is 4. The second-order valence-electron chi connectivity index (χ2n) is 21.2. The van der Waals surface area contributed by atoms with Crippen molar-refractivity contribution >= 4 is 35.1 Å². The fraction of sp³-hybridized carbons (Fsp3) is 0.483. The summed E-state index contributed by atoms with van der Waals surface area (Å²) in [6.45, 7) is 24.5. The highest BCUT2D eigenvalue weighted by Crippen LogP contribution is 2.26. The molecule has 0 saturated heterocycles. The molecular formula is C58H76N4O12. The van der Waals surface area contributed by atoms with Crippen molar-refractivity contribution in [3.63, 3.8) is 0 Å². The molecule has 0 bridgehead atoms. The van der Waals surface area contributed by atoms with Crippen LogP contribution in [0.4, 0.5) is 19.2 Å². The Kier molecular flexibility index (Phi) is 22.5. The van der Waals surface area contributed by atoms with E-state index in [1.165, 1.54) is 0 Å². The first-order valence-corrected chi connectivity index (χ1v) is 25.0. The van der Waals surface area contributed by atoms with E-state index in [1.54, 1.807) is 12.1 Å². The van der Waals surface area contributed by atoms with Gasteiger partial charge < -0.3 is 59.2 Å². The molecule has 0 spiro atoms. The van der Waals surface area contributed by atoms with Crippen LogP contribution in [0.5, 0.6) is 23.0 Å². The zero-order valence-corrected chi connectivity index (χ0v) is 45.3. The number of amides is 4. The van der Waals surface area contributed by atoms with Crippen molar-refractivity contribution in [2.24, 2.45) is 0 Å². The first kappa shape index (κ1) is 59.1. The van der Waals surface area contributed by atoms with E-state index in [4.69, 9.17) is 37.9 Å². The first-order chi connectivity index (χ1) is 34.8. The molecule has 4 amide bonds. The van der Waals surface area contributed by atoms with E-state index in [1.807, 2.05) is 144 Å². The van der Waals surface area contributed by atoms with Crippen LogP contribution in [0.15, 0.2) is 72.8 Å². The summed E-state index contributed by atoms with van der Waals surface area (Å²) in [5.74, 6) is 15.3. The highest BCUT2D eigenvalue weighted by Gasteiger charge is 2.18. The van der Waals surface area contributed by atoms with Gasteiger partial charge in [0.25, 0.3) is 0 Å². The molecule has 4 rings (SSSR count).